The molecule has 0 saturated heterocycles. The number of aromatic nitrogens is 1. The average Bonchev–Trinajstić information content (AvgIpc) is 2.59. The zero-order chi connectivity index (χ0) is 10.1. The first kappa shape index (κ1) is 9.93. The van der Waals surface area contributed by atoms with Crippen molar-refractivity contribution in [2.75, 3.05) is 12.4 Å². The zero-order valence-electron chi connectivity index (χ0n) is 7.26. The summed E-state index contributed by atoms with van der Waals surface area (Å²) in [5, 5.41) is 0.865. The van der Waals surface area contributed by atoms with Gasteiger partial charge in [0.25, 0.3) is 0 Å². The fourth-order valence-electron chi connectivity index (χ4n) is 1.44. The van der Waals surface area contributed by atoms with Gasteiger partial charge in [-0.25, -0.2) is 0 Å². The van der Waals surface area contributed by atoms with Gasteiger partial charge in [-0.2, -0.15) is 0 Å². The summed E-state index contributed by atoms with van der Waals surface area (Å²) in [6.45, 7) is 0.696. The molecular weight excluding hydrogens is 267 g/mol. The number of rotatable bonds is 2. The van der Waals surface area contributed by atoms with E-state index in [1.807, 2.05) is 6.08 Å². The Kier molecular flexibility index (Phi) is 2.74. The van der Waals surface area contributed by atoms with E-state index >= 15 is 0 Å². The third kappa shape index (κ3) is 1.64. The monoisotopic (exact) mass is 274 g/mol. The van der Waals surface area contributed by atoms with Gasteiger partial charge in [-0.05, 0) is 0 Å². The van der Waals surface area contributed by atoms with Gasteiger partial charge in [-0.15, -0.1) is 11.6 Å². The molecule has 1 aromatic rings. The van der Waals surface area contributed by atoms with Crippen LogP contribution in [-0.4, -0.2) is 28.0 Å². The predicted molar refractivity (Wildman–Crippen MR) is 58.7 cm³/mol. The Labute approximate surface area is 94.0 Å². The van der Waals surface area contributed by atoms with Crippen molar-refractivity contribution >= 4 is 39.4 Å². The zero-order valence-corrected chi connectivity index (χ0v) is 9.60. The number of nitrogens with one attached hydrogen (secondary N) is 1. The first-order valence-electron chi connectivity index (χ1n) is 4.19. The van der Waals surface area contributed by atoms with Gasteiger partial charge >= 0.3 is 0 Å². The molecule has 2 heterocycles. The summed E-state index contributed by atoms with van der Waals surface area (Å²) in [7, 11) is 0. The van der Waals surface area contributed by atoms with Crippen LogP contribution in [0.1, 0.15) is 10.4 Å². The van der Waals surface area contributed by atoms with Gasteiger partial charge in [0.2, 0.25) is 0 Å². The molecule has 0 spiro atoms. The molecule has 3 nitrogen and oxygen atoms in total. The number of carbonyl (C=O) groups excluding carboxylic acids is 1. The number of carbonyl (C=O) groups is 1. The van der Waals surface area contributed by atoms with Crippen molar-refractivity contribution in [3.8, 4) is 0 Å². The largest absolute Gasteiger partial charge is 0.346 e. The van der Waals surface area contributed by atoms with Crippen LogP contribution in [0.25, 0.3) is 6.08 Å². The van der Waals surface area contributed by atoms with E-state index in [1.54, 1.807) is 6.20 Å². The lowest BCUT2D eigenvalue weighted by Crippen LogP contribution is -2.33. The minimum atomic E-state index is -0.0720. The topological polar surface area (TPSA) is 45.2 Å². The van der Waals surface area contributed by atoms with Gasteiger partial charge in [0, 0.05) is 17.0 Å². The summed E-state index contributed by atoms with van der Waals surface area (Å²) in [5.41, 5.74) is 1.40. The van der Waals surface area contributed by atoms with Crippen molar-refractivity contribution in [3.63, 3.8) is 0 Å². The standard InChI is InChI=1S/C9H8BrClN2O/c10-5-1-6-7(8(14)2-11)4-13-9(6)12-3-5/h1,4-5H,2-3H2,(H,12,13). The molecule has 1 aliphatic heterocycles. The van der Waals surface area contributed by atoms with Crippen LogP contribution < -0.4 is 10.7 Å². The number of ketones is 1. The Morgan fingerprint density at radius 3 is 3.29 bits per heavy atom. The van der Waals surface area contributed by atoms with Gasteiger partial charge in [-0.1, -0.05) is 22.0 Å². The van der Waals surface area contributed by atoms with E-state index in [9.17, 15) is 4.79 Å². The number of halogens is 2. The van der Waals surface area contributed by atoms with Gasteiger partial charge < -0.3 is 4.98 Å². The highest BCUT2D eigenvalue weighted by atomic mass is 79.9. The van der Waals surface area contributed by atoms with Gasteiger partial charge in [0.05, 0.1) is 17.3 Å². The van der Waals surface area contributed by atoms with Crippen LogP contribution in [0.15, 0.2) is 11.2 Å². The molecule has 1 N–H and O–H groups in total. The van der Waals surface area contributed by atoms with E-state index in [0.717, 1.165) is 10.7 Å². The first-order valence-corrected chi connectivity index (χ1v) is 5.64. The number of hydrogen-bond acceptors (Lipinski definition) is 2. The van der Waals surface area contributed by atoms with Crippen LogP contribution in [-0.2, 0) is 0 Å². The van der Waals surface area contributed by atoms with Crippen molar-refractivity contribution in [1.29, 1.82) is 0 Å². The number of hydrogen-bond donors (Lipinski definition) is 1. The quantitative estimate of drug-likeness (QED) is 0.624. The van der Waals surface area contributed by atoms with Gasteiger partial charge in [0.15, 0.2) is 5.78 Å². The fraction of sp³-hybridized carbons (Fsp3) is 0.333. The normalized spacial score (nSPS) is 19.4. The van der Waals surface area contributed by atoms with Crippen LogP contribution in [0.2, 0.25) is 0 Å². The van der Waals surface area contributed by atoms with Gasteiger partial charge in [0.1, 0.15) is 5.49 Å². The molecule has 0 radical (unpaired) electrons. The number of H-pyrrole nitrogens is 1. The molecule has 1 unspecified atom stereocenters. The lowest BCUT2D eigenvalue weighted by Gasteiger charge is -2.03. The highest BCUT2D eigenvalue weighted by Crippen LogP contribution is 2.04. The van der Waals surface area contributed by atoms with Crippen LogP contribution in [0.3, 0.4) is 0 Å². The van der Waals surface area contributed by atoms with Crippen LogP contribution in [0, 0.1) is 0 Å². The average molecular weight is 276 g/mol. The Hall–Kier alpha value is -0.610. The molecule has 14 heavy (non-hydrogen) atoms. The third-order valence-corrected chi connectivity index (χ3v) is 2.89. The van der Waals surface area contributed by atoms with Crippen molar-refractivity contribution in [3.05, 3.63) is 22.5 Å². The Balaban J connectivity index is 2.62. The molecule has 0 bridgehead atoms. The fourth-order valence-corrected chi connectivity index (χ4v) is 1.99. The second-order valence-corrected chi connectivity index (χ2v) is 4.49. The molecule has 0 saturated carbocycles. The maximum Gasteiger partial charge on any atom is 0.179 e. The van der Waals surface area contributed by atoms with Crippen molar-refractivity contribution in [2.45, 2.75) is 4.83 Å². The molecule has 0 amide bonds. The van der Waals surface area contributed by atoms with E-state index in [0.29, 0.717) is 12.1 Å². The third-order valence-electron chi connectivity index (χ3n) is 2.09. The minimum Gasteiger partial charge on any atom is -0.346 e. The second kappa shape index (κ2) is 3.87. The van der Waals surface area contributed by atoms with Crippen molar-refractivity contribution < 1.29 is 4.79 Å². The number of alkyl halides is 2. The van der Waals surface area contributed by atoms with E-state index in [1.165, 1.54) is 0 Å². The second-order valence-electron chi connectivity index (χ2n) is 3.04. The van der Waals surface area contributed by atoms with Crippen molar-refractivity contribution in [2.24, 2.45) is 4.99 Å². The molecule has 1 atom stereocenters. The summed E-state index contributed by atoms with van der Waals surface area (Å²) in [6.07, 6.45) is 3.65. The minimum absolute atomic E-state index is 0.00505. The lowest BCUT2D eigenvalue weighted by molar-refractivity contribution is 0.102. The molecule has 0 aliphatic carbocycles. The summed E-state index contributed by atoms with van der Waals surface area (Å²) in [6, 6.07) is 0. The smallest absolute Gasteiger partial charge is 0.179 e. The number of fused-ring (bicyclic) bond motifs is 1. The summed E-state index contributed by atoms with van der Waals surface area (Å²) in [4.78, 5) is 18.9. The molecular formula is C9H8BrClN2O. The maximum atomic E-state index is 11.4. The highest BCUT2D eigenvalue weighted by Gasteiger charge is 2.13. The Morgan fingerprint density at radius 2 is 2.57 bits per heavy atom. The predicted octanol–water partition coefficient (Wildman–Crippen LogP) is 0.613. The maximum absolute atomic E-state index is 11.4. The Morgan fingerprint density at radius 1 is 1.79 bits per heavy atom. The van der Waals surface area contributed by atoms with E-state index in [4.69, 9.17) is 11.6 Å². The lowest BCUT2D eigenvalue weighted by atomic mass is 10.1. The molecule has 5 heteroatoms. The molecule has 1 aromatic heterocycles. The van der Waals surface area contributed by atoms with E-state index in [2.05, 4.69) is 25.9 Å². The SMILES string of the molecule is O=C(CCl)c1c[nH]c2c1=CC(Br)CN=2. The summed E-state index contributed by atoms with van der Waals surface area (Å²) >= 11 is 8.94. The van der Waals surface area contributed by atoms with Gasteiger partial charge in [-0.3, -0.25) is 9.79 Å². The highest BCUT2D eigenvalue weighted by molar-refractivity contribution is 9.09. The molecule has 74 valence electrons. The van der Waals surface area contributed by atoms with Crippen LogP contribution in [0.4, 0.5) is 0 Å². The van der Waals surface area contributed by atoms with Crippen LogP contribution >= 0.6 is 27.5 Å². The summed E-state index contributed by atoms with van der Waals surface area (Å²) in [5.74, 6) is -0.0670. The van der Waals surface area contributed by atoms with E-state index in [-0.39, 0.29) is 16.5 Å². The molecule has 2 rings (SSSR count). The summed E-state index contributed by atoms with van der Waals surface area (Å²) < 4.78 is 0. The molecule has 0 fully saturated rings. The van der Waals surface area contributed by atoms with E-state index < -0.39 is 0 Å². The number of Topliss-reactive ketones (excluding diaryl/α,β-unsaturated/α-hetero) is 1. The first-order chi connectivity index (χ1) is 6.72. The van der Waals surface area contributed by atoms with Crippen LogP contribution in [0.5, 0.6) is 0 Å². The Bertz CT molecular complexity index is 479. The molecule has 1 aliphatic rings. The van der Waals surface area contributed by atoms with Crippen molar-refractivity contribution in [1.82, 2.24) is 4.98 Å². The number of nitrogens with zero attached hydrogens (tertiary/aromatic N) is 1. The number of aromatic amines is 1. The molecule has 0 aromatic carbocycles.